The second-order valence-corrected chi connectivity index (χ2v) is 6.15. The topological polar surface area (TPSA) is 77.2 Å². The Morgan fingerprint density at radius 2 is 2.04 bits per heavy atom. The largest absolute Gasteiger partial charge is 0.361 e. The summed E-state index contributed by atoms with van der Waals surface area (Å²) >= 11 is 0. The standard InChI is InChI=1S/C19H18N4O2/c1-12-11-21-19(25)23(12)14-5-2-4-13(10-14)22-18(24)16-6-3-7-17-15(16)8-9-20-17/h2-10,12,20H,11H2,1H3,(H,21,25)(H,22,24). The van der Waals surface area contributed by atoms with Crippen LogP contribution in [-0.2, 0) is 0 Å². The molecule has 25 heavy (non-hydrogen) atoms. The normalized spacial score (nSPS) is 16.9. The van der Waals surface area contributed by atoms with Gasteiger partial charge in [-0.15, -0.1) is 0 Å². The van der Waals surface area contributed by atoms with Gasteiger partial charge in [-0.1, -0.05) is 12.1 Å². The maximum Gasteiger partial charge on any atom is 0.322 e. The number of aromatic nitrogens is 1. The molecule has 3 amide bonds. The van der Waals surface area contributed by atoms with Crippen molar-refractivity contribution in [1.82, 2.24) is 10.3 Å². The van der Waals surface area contributed by atoms with Gasteiger partial charge in [0, 0.05) is 40.6 Å². The SMILES string of the molecule is CC1CNC(=O)N1c1cccc(NC(=O)c2cccc3[nH]ccc23)c1. The van der Waals surface area contributed by atoms with E-state index in [-0.39, 0.29) is 18.0 Å². The van der Waals surface area contributed by atoms with E-state index in [1.54, 1.807) is 11.0 Å². The Labute approximate surface area is 144 Å². The minimum atomic E-state index is -0.179. The number of fused-ring (bicyclic) bond motifs is 1. The molecule has 1 aliphatic heterocycles. The molecule has 1 aromatic heterocycles. The summed E-state index contributed by atoms with van der Waals surface area (Å²) in [5.74, 6) is -0.179. The zero-order chi connectivity index (χ0) is 17.4. The Hall–Kier alpha value is -3.28. The number of anilines is 2. The van der Waals surface area contributed by atoms with Crippen LogP contribution in [0.15, 0.2) is 54.7 Å². The van der Waals surface area contributed by atoms with Gasteiger partial charge in [-0.2, -0.15) is 0 Å². The number of hydrogen-bond donors (Lipinski definition) is 3. The smallest absolute Gasteiger partial charge is 0.322 e. The second-order valence-electron chi connectivity index (χ2n) is 6.15. The van der Waals surface area contributed by atoms with Crippen LogP contribution in [0.25, 0.3) is 10.9 Å². The van der Waals surface area contributed by atoms with E-state index < -0.39 is 0 Å². The molecule has 1 aliphatic rings. The molecule has 6 nitrogen and oxygen atoms in total. The third-order valence-corrected chi connectivity index (χ3v) is 4.43. The summed E-state index contributed by atoms with van der Waals surface area (Å²) in [7, 11) is 0. The van der Waals surface area contributed by atoms with E-state index in [1.807, 2.05) is 55.6 Å². The van der Waals surface area contributed by atoms with Gasteiger partial charge >= 0.3 is 6.03 Å². The molecule has 1 saturated heterocycles. The fourth-order valence-corrected chi connectivity index (χ4v) is 3.20. The molecule has 126 valence electrons. The maximum absolute atomic E-state index is 12.7. The molecule has 6 heteroatoms. The predicted molar refractivity (Wildman–Crippen MR) is 98.0 cm³/mol. The molecule has 3 aromatic rings. The van der Waals surface area contributed by atoms with Crippen molar-refractivity contribution in [3.05, 3.63) is 60.3 Å². The van der Waals surface area contributed by atoms with Gasteiger partial charge in [0.2, 0.25) is 0 Å². The van der Waals surface area contributed by atoms with Crippen LogP contribution in [0.3, 0.4) is 0 Å². The first-order chi connectivity index (χ1) is 12.1. The van der Waals surface area contributed by atoms with Crippen LogP contribution in [0.4, 0.5) is 16.2 Å². The molecule has 1 atom stereocenters. The second kappa shape index (κ2) is 5.98. The van der Waals surface area contributed by atoms with Gasteiger partial charge in [0.15, 0.2) is 0 Å². The van der Waals surface area contributed by atoms with Crippen LogP contribution in [0.1, 0.15) is 17.3 Å². The summed E-state index contributed by atoms with van der Waals surface area (Å²) in [4.78, 5) is 29.5. The van der Waals surface area contributed by atoms with E-state index in [4.69, 9.17) is 0 Å². The zero-order valence-electron chi connectivity index (χ0n) is 13.7. The van der Waals surface area contributed by atoms with E-state index in [9.17, 15) is 9.59 Å². The number of nitrogens with zero attached hydrogens (tertiary/aromatic N) is 1. The quantitative estimate of drug-likeness (QED) is 0.687. The molecule has 2 aromatic carbocycles. The summed E-state index contributed by atoms with van der Waals surface area (Å²) in [5, 5.41) is 6.62. The maximum atomic E-state index is 12.7. The predicted octanol–water partition coefficient (Wildman–Crippen LogP) is 3.34. The fourth-order valence-electron chi connectivity index (χ4n) is 3.20. The monoisotopic (exact) mass is 334 g/mol. The number of urea groups is 1. The lowest BCUT2D eigenvalue weighted by Gasteiger charge is -2.20. The Morgan fingerprint density at radius 3 is 2.84 bits per heavy atom. The van der Waals surface area contributed by atoms with E-state index in [2.05, 4.69) is 15.6 Å². The molecule has 0 bridgehead atoms. The number of nitrogens with one attached hydrogen (secondary N) is 3. The summed E-state index contributed by atoms with van der Waals surface area (Å²) in [5.41, 5.74) is 2.95. The van der Waals surface area contributed by atoms with Gasteiger partial charge in [-0.25, -0.2) is 4.79 Å². The number of carbonyl (C=O) groups is 2. The lowest BCUT2D eigenvalue weighted by atomic mass is 10.1. The van der Waals surface area contributed by atoms with Gasteiger partial charge in [-0.05, 0) is 43.3 Å². The summed E-state index contributed by atoms with van der Waals surface area (Å²) < 4.78 is 0. The highest BCUT2D eigenvalue weighted by Crippen LogP contribution is 2.25. The average molecular weight is 334 g/mol. The molecule has 0 saturated carbocycles. The number of hydrogen-bond acceptors (Lipinski definition) is 2. The van der Waals surface area contributed by atoms with Gasteiger partial charge in [0.25, 0.3) is 5.91 Å². The molecule has 1 unspecified atom stereocenters. The van der Waals surface area contributed by atoms with Crippen LogP contribution >= 0.6 is 0 Å². The van der Waals surface area contributed by atoms with Gasteiger partial charge < -0.3 is 15.6 Å². The van der Waals surface area contributed by atoms with Crippen LogP contribution in [0, 0.1) is 0 Å². The van der Waals surface area contributed by atoms with Crippen molar-refractivity contribution in [3.63, 3.8) is 0 Å². The van der Waals surface area contributed by atoms with Crippen LogP contribution in [-0.4, -0.2) is 29.5 Å². The third kappa shape index (κ3) is 2.71. The molecule has 1 fully saturated rings. The summed E-state index contributed by atoms with van der Waals surface area (Å²) in [6.45, 7) is 2.60. The van der Waals surface area contributed by atoms with Crippen LogP contribution < -0.4 is 15.5 Å². The first kappa shape index (κ1) is 15.3. The Balaban J connectivity index is 1.61. The molecule has 0 aliphatic carbocycles. The summed E-state index contributed by atoms with van der Waals surface area (Å²) in [6, 6.07) is 14.8. The molecule has 3 N–H and O–H groups in total. The third-order valence-electron chi connectivity index (χ3n) is 4.43. The zero-order valence-corrected chi connectivity index (χ0v) is 13.7. The molecular formula is C19H18N4O2. The van der Waals surface area contributed by atoms with Crippen molar-refractivity contribution in [3.8, 4) is 0 Å². The van der Waals surface area contributed by atoms with Gasteiger partial charge in [0.1, 0.15) is 0 Å². The highest BCUT2D eigenvalue weighted by atomic mass is 16.2. The first-order valence-electron chi connectivity index (χ1n) is 8.18. The van der Waals surface area contributed by atoms with Gasteiger partial charge in [-0.3, -0.25) is 9.69 Å². The molecule has 0 spiro atoms. The number of amides is 3. The number of benzene rings is 2. The number of carbonyl (C=O) groups excluding carboxylic acids is 2. The lowest BCUT2D eigenvalue weighted by molar-refractivity contribution is 0.102. The Morgan fingerprint density at radius 1 is 1.20 bits per heavy atom. The van der Waals surface area contributed by atoms with E-state index in [0.29, 0.717) is 17.8 Å². The van der Waals surface area contributed by atoms with E-state index in [0.717, 1.165) is 16.6 Å². The minimum absolute atomic E-state index is 0.0760. The number of H-pyrrole nitrogens is 1. The highest BCUT2D eigenvalue weighted by molar-refractivity contribution is 6.12. The van der Waals surface area contributed by atoms with E-state index in [1.165, 1.54) is 0 Å². The Kier molecular flexibility index (Phi) is 3.65. The number of aromatic amines is 1. The fraction of sp³-hybridized carbons (Fsp3) is 0.158. The van der Waals surface area contributed by atoms with Crippen LogP contribution in [0.2, 0.25) is 0 Å². The van der Waals surface area contributed by atoms with Crippen molar-refractivity contribution in [2.45, 2.75) is 13.0 Å². The molecule has 4 rings (SSSR count). The first-order valence-corrected chi connectivity index (χ1v) is 8.18. The Bertz CT molecular complexity index is 963. The molecule has 0 radical (unpaired) electrons. The minimum Gasteiger partial charge on any atom is -0.361 e. The highest BCUT2D eigenvalue weighted by Gasteiger charge is 2.28. The molecule has 2 heterocycles. The van der Waals surface area contributed by atoms with Crippen molar-refractivity contribution >= 4 is 34.2 Å². The molecular weight excluding hydrogens is 316 g/mol. The van der Waals surface area contributed by atoms with Crippen molar-refractivity contribution in [1.29, 1.82) is 0 Å². The van der Waals surface area contributed by atoms with Crippen molar-refractivity contribution < 1.29 is 9.59 Å². The average Bonchev–Trinajstić information content (AvgIpc) is 3.21. The van der Waals surface area contributed by atoms with Crippen molar-refractivity contribution in [2.75, 3.05) is 16.8 Å². The van der Waals surface area contributed by atoms with Gasteiger partial charge in [0.05, 0.1) is 6.04 Å². The van der Waals surface area contributed by atoms with E-state index >= 15 is 0 Å². The lowest BCUT2D eigenvalue weighted by Crippen LogP contribution is -2.32. The summed E-state index contributed by atoms with van der Waals surface area (Å²) in [6.07, 6.45) is 1.81. The number of rotatable bonds is 3. The van der Waals surface area contributed by atoms with Crippen molar-refractivity contribution in [2.24, 2.45) is 0 Å². The van der Waals surface area contributed by atoms with Crippen LogP contribution in [0.5, 0.6) is 0 Å².